The van der Waals surface area contributed by atoms with Gasteiger partial charge in [-0.3, -0.25) is 4.79 Å². The molecule has 0 radical (unpaired) electrons. The molecular weight excluding hydrogens is 338 g/mol. The van der Waals surface area contributed by atoms with E-state index in [2.05, 4.69) is 15.6 Å². The second kappa shape index (κ2) is 7.57. The van der Waals surface area contributed by atoms with Gasteiger partial charge in [0.25, 0.3) is 5.91 Å². The highest BCUT2D eigenvalue weighted by atomic mass is 19.1. The van der Waals surface area contributed by atoms with E-state index in [1.54, 1.807) is 12.1 Å². The van der Waals surface area contributed by atoms with Crippen LogP contribution in [0.2, 0.25) is 0 Å². The molecule has 0 spiro atoms. The molecule has 3 aromatic rings. The minimum atomic E-state index is -0.908. The van der Waals surface area contributed by atoms with E-state index in [-0.39, 0.29) is 12.2 Å². The second-order valence-electron chi connectivity index (χ2n) is 5.46. The van der Waals surface area contributed by atoms with Gasteiger partial charge in [0, 0.05) is 24.2 Å². The van der Waals surface area contributed by atoms with E-state index in [4.69, 9.17) is 5.26 Å². The molecule has 3 rings (SSSR count). The smallest absolute Gasteiger partial charge is 0.257 e. The number of nitriles is 1. The standard InChI is InChI=1S/C19H14F2N4O/c20-14-5-3-6-15(21)18(14)19(26)24-9-8-23-17-10-12(11-22)25-16-7-2-1-4-13(16)17/h1-7,10H,8-9H2,(H,23,25)(H,24,26). The Labute approximate surface area is 148 Å². The third-order valence-corrected chi connectivity index (χ3v) is 3.75. The Kier molecular flexibility index (Phi) is 5.04. The van der Waals surface area contributed by atoms with E-state index >= 15 is 0 Å². The summed E-state index contributed by atoms with van der Waals surface area (Å²) in [4.78, 5) is 16.2. The van der Waals surface area contributed by atoms with Crippen LogP contribution in [0.15, 0.2) is 48.5 Å². The number of amides is 1. The predicted octanol–water partition coefficient (Wildman–Crippen LogP) is 3.23. The first-order chi connectivity index (χ1) is 12.6. The van der Waals surface area contributed by atoms with Gasteiger partial charge in [-0.2, -0.15) is 5.26 Å². The van der Waals surface area contributed by atoms with Crippen LogP contribution in [-0.2, 0) is 0 Å². The zero-order valence-corrected chi connectivity index (χ0v) is 13.6. The first-order valence-electron chi connectivity index (χ1n) is 7.86. The molecule has 1 amide bonds. The number of aromatic nitrogens is 1. The first-order valence-corrected chi connectivity index (χ1v) is 7.86. The Balaban J connectivity index is 1.67. The van der Waals surface area contributed by atoms with Crippen LogP contribution < -0.4 is 10.6 Å². The number of carbonyl (C=O) groups excluding carboxylic acids is 1. The van der Waals surface area contributed by atoms with Crippen molar-refractivity contribution in [2.24, 2.45) is 0 Å². The van der Waals surface area contributed by atoms with Gasteiger partial charge in [-0.25, -0.2) is 13.8 Å². The molecule has 0 atom stereocenters. The summed E-state index contributed by atoms with van der Waals surface area (Å²) in [7, 11) is 0. The molecule has 0 saturated carbocycles. The molecule has 0 unspecified atom stereocenters. The topological polar surface area (TPSA) is 77.8 Å². The van der Waals surface area contributed by atoms with Crippen molar-refractivity contribution in [2.45, 2.75) is 0 Å². The first kappa shape index (κ1) is 17.3. The van der Waals surface area contributed by atoms with E-state index in [1.165, 1.54) is 6.07 Å². The second-order valence-corrected chi connectivity index (χ2v) is 5.46. The van der Waals surface area contributed by atoms with Crippen molar-refractivity contribution in [3.8, 4) is 6.07 Å². The fourth-order valence-corrected chi connectivity index (χ4v) is 2.56. The van der Waals surface area contributed by atoms with Crippen molar-refractivity contribution in [1.29, 1.82) is 5.26 Å². The van der Waals surface area contributed by atoms with Gasteiger partial charge in [-0.1, -0.05) is 24.3 Å². The fraction of sp³-hybridized carbons (Fsp3) is 0.105. The molecule has 0 aliphatic heterocycles. The van der Waals surface area contributed by atoms with Crippen molar-refractivity contribution in [2.75, 3.05) is 18.4 Å². The van der Waals surface area contributed by atoms with E-state index in [1.807, 2.05) is 24.3 Å². The molecule has 5 nitrogen and oxygen atoms in total. The van der Waals surface area contributed by atoms with Gasteiger partial charge >= 0.3 is 0 Å². The lowest BCUT2D eigenvalue weighted by Gasteiger charge is -2.11. The van der Waals surface area contributed by atoms with E-state index in [0.29, 0.717) is 17.7 Å². The number of halogens is 2. The Bertz CT molecular complexity index is 994. The lowest BCUT2D eigenvalue weighted by molar-refractivity contribution is 0.0947. The maximum Gasteiger partial charge on any atom is 0.257 e. The maximum absolute atomic E-state index is 13.6. The molecule has 26 heavy (non-hydrogen) atoms. The minimum Gasteiger partial charge on any atom is -0.383 e. The van der Waals surface area contributed by atoms with Crippen LogP contribution in [0, 0.1) is 23.0 Å². The third-order valence-electron chi connectivity index (χ3n) is 3.75. The lowest BCUT2D eigenvalue weighted by Crippen LogP contribution is -2.30. The number of carbonyl (C=O) groups is 1. The number of anilines is 1. The van der Waals surface area contributed by atoms with Crippen LogP contribution in [0.4, 0.5) is 14.5 Å². The molecule has 2 aromatic carbocycles. The molecule has 0 saturated heterocycles. The molecule has 2 N–H and O–H groups in total. The number of hydrogen-bond acceptors (Lipinski definition) is 4. The largest absolute Gasteiger partial charge is 0.383 e. The monoisotopic (exact) mass is 352 g/mol. The summed E-state index contributed by atoms with van der Waals surface area (Å²) < 4.78 is 27.2. The number of para-hydroxylation sites is 1. The van der Waals surface area contributed by atoms with Gasteiger partial charge in [-0.05, 0) is 24.3 Å². The van der Waals surface area contributed by atoms with Crippen molar-refractivity contribution in [3.63, 3.8) is 0 Å². The van der Waals surface area contributed by atoms with Gasteiger partial charge in [0.05, 0.1) is 5.52 Å². The van der Waals surface area contributed by atoms with Gasteiger partial charge in [-0.15, -0.1) is 0 Å². The summed E-state index contributed by atoms with van der Waals surface area (Å²) in [6.07, 6.45) is 0. The number of rotatable bonds is 5. The molecular formula is C19H14F2N4O. The van der Waals surface area contributed by atoms with Crippen LogP contribution in [0.25, 0.3) is 10.9 Å². The summed E-state index contributed by atoms with van der Waals surface area (Å²) in [6, 6.07) is 14.2. The average Bonchev–Trinajstić information content (AvgIpc) is 2.64. The highest BCUT2D eigenvalue weighted by Gasteiger charge is 2.16. The molecule has 1 heterocycles. The zero-order valence-electron chi connectivity index (χ0n) is 13.6. The van der Waals surface area contributed by atoms with Crippen LogP contribution in [0.3, 0.4) is 0 Å². The number of benzene rings is 2. The molecule has 1 aromatic heterocycles. The SMILES string of the molecule is N#Cc1cc(NCCNC(=O)c2c(F)cccc2F)c2ccccc2n1. The van der Waals surface area contributed by atoms with Crippen LogP contribution in [0.5, 0.6) is 0 Å². The van der Waals surface area contributed by atoms with Crippen LogP contribution in [-0.4, -0.2) is 24.0 Å². The quantitative estimate of drug-likeness (QED) is 0.691. The maximum atomic E-state index is 13.6. The molecule has 0 fully saturated rings. The van der Waals surface area contributed by atoms with E-state index < -0.39 is 23.1 Å². The normalized spacial score (nSPS) is 10.3. The summed E-state index contributed by atoms with van der Waals surface area (Å²) in [6.45, 7) is 0.450. The predicted molar refractivity (Wildman–Crippen MR) is 93.6 cm³/mol. The average molecular weight is 352 g/mol. The molecule has 0 bridgehead atoms. The summed E-state index contributed by atoms with van der Waals surface area (Å²) in [5.41, 5.74) is 1.03. The number of nitrogens with one attached hydrogen (secondary N) is 2. The Morgan fingerprint density at radius 2 is 1.81 bits per heavy atom. The van der Waals surface area contributed by atoms with E-state index in [9.17, 15) is 13.6 Å². The van der Waals surface area contributed by atoms with E-state index in [0.717, 1.165) is 17.5 Å². The molecule has 0 aliphatic rings. The summed E-state index contributed by atoms with van der Waals surface area (Å²) >= 11 is 0. The molecule has 7 heteroatoms. The van der Waals surface area contributed by atoms with Crippen molar-refractivity contribution in [3.05, 3.63) is 71.4 Å². The molecule has 0 aliphatic carbocycles. The number of fused-ring (bicyclic) bond motifs is 1. The van der Waals surface area contributed by atoms with Gasteiger partial charge in [0.2, 0.25) is 0 Å². The zero-order chi connectivity index (χ0) is 18.5. The lowest BCUT2D eigenvalue weighted by atomic mass is 10.1. The third kappa shape index (κ3) is 3.59. The number of hydrogen-bond donors (Lipinski definition) is 2. The van der Waals surface area contributed by atoms with Crippen molar-refractivity contribution >= 4 is 22.5 Å². The van der Waals surface area contributed by atoms with Gasteiger partial charge < -0.3 is 10.6 Å². The highest BCUT2D eigenvalue weighted by Crippen LogP contribution is 2.22. The van der Waals surface area contributed by atoms with Gasteiger partial charge in [0.1, 0.15) is 29.0 Å². The van der Waals surface area contributed by atoms with Crippen LogP contribution >= 0.6 is 0 Å². The van der Waals surface area contributed by atoms with Crippen molar-refractivity contribution < 1.29 is 13.6 Å². The molecule has 130 valence electrons. The Hall–Kier alpha value is -3.53. The Morgan fingerprint density at radius 3 is 2.54 bits per heavy atom. The highest BCUT2D eigenvalue weighted by molar-refractivity contribution is 5.95. The Morgan fingerprint density at radius 1 is 1.08 bits per heavy atom. The van der Waals surface area contributed by atoms with Crippen LogP contribution in [0.1, 0.15) is 16.1 Å². The fourth-order valence-electron chi connectivity index (χ4n) is 2.56. The summed E-state index contributed by atoms with van der Waals surface area (Å²) in [5.74, 6) is -2.64. The summed E-state index contributed by atoms with van der Waals surface area (Å²) in [5, 5.41) is 15.5. The number of pyridine rings is 1. The number of nitrogens with zero attached hydrogens (tertiary/aromatic N) is 2. The van der Waals surface area contributed by atoms with Crippen molar-refractivity contribution in [1.82, 2.24) is 10.3 Å². The van der Waals surface area contributed by atoms with Gasteiger partial charge in [0.15, 0.2) is 0 Å². The minimum absolute atomic E-state index is 0.144.